The van der Waals surface area contributed by atoms with Crippen molar-refractivity contribution >= 4 is 17.5 Å². The number of benzene rings is 1. The van der Waals surface area contributed by atoms with Gasteiger partial charge >= 0.3 is 5.97 Å². The van der Waals surface area contributed by atoms with E-state index in [1.165, 1.54) is 0 Å². The second-order valence-corrected chi connectivity index (χ2v) is 3.25. The van der Waals surface area contributed by atoms with E-state index in [-0.39, 0.29) is 12.3 Å². The van der Waals surface area contributed by atoms with Gasteiger partial charge in [0.05, 0.1) is 23.9 Å². The van der Waals surface area contributed by atoms with E-state index >= 15 is 0 Å². The molecule has 1 rings (SSSR count). The number of esters is 1. The molecule has 0 spiro atoms. The first-order valence-corrected chi connectivity index (χ1v) is 5.14. The van der Waals surface area contributed by atoms with E-state index in [9.17, 15) is 4.79 Å². The summed E-state index contributed by atoms with van der Waals surface area (Å²) in [5.41, 5.74) is 6.64. The van der Waals surface area contributed by atoms with E-state index in [1.54, 1.807) is 31.2 Å². The third kappa shape index (κ3) is 4.34. The molecule has 0 saturated carbocycles. The fourth-order valence-electron chi connectivity index (χ4n) is 1.21. The number of carbonyl (C=O) groups excluding carboxylic acids is 1. The highest BCUT2D eigenvalue weighted by Crippen LogP contribution is 2.13. The van der Waals surface area contributed by atoms with Gasteiger partial charge in [-0.15, -0.1) is 0 Å². The molecule has 1 aromatic carbocycles. The molecule has 5 nitrogen and oxygen atoms in total. The van der Waals surface area contributed by atoms with Crippen molar-refractivity contribution in [1.82, 2.24) is 0 Å². The van der Waals surface area contributed by atoms with Crippen LogP contribution >= 0.6 is 0 Å². The normalized spacial score (nSPS) is 10.7. The molecule has 0 heterocycles. The fraction of sp³-hybridized carbons (Fsp3) is 0.250. The number of aliphatic imine (C=N–C) groups is 1. The number of rotatable bonds is 4. The summed E-state index contributed by atoms with van der Waals surface area (Å²) in [5.74, 6) is -0.247. The molecule has 0 radical (unpaired) electrons. The summed E-state index contributed by atoms with van der Waals surface area (Å²) >= 11 is 0. The van der Waals surface area contributed by atoms with Gasteiger partial charge in [0.1, 0.15) is 12.3 Å². The van der Waals surface area contributed by atoms with Gasteiger partial charge in [-0.3, -0.25) is 4.79 Å². The maximum atomic E-state index is 11.1. The fourth-order valence-corrected chi connectivity index (χ4v) is 1.21. The summed E-state index contributed by atoms with van der Waals surface area (Å²) in [6.07, 6.45) is -0.0510. The predicted molar refractivity (Wildman–Crippen MR) is 63.7 cm³/mol. The minimum atomic E-state index is -0.412. The second kappa shape index (κ2) is 6.28. The first-order chi connectivity index (χ1) is 8.15. The Kier molecular flexibility index (Phi) is 4.70. The largest absolute Gasteiger partial charge is 0.466 e. The minimum absolute atomic E-state index is 0.0510. The number of hydrogen-bond donors (Lipinski definition) is 1. The molecule has 0 amide bonds. The second-order valence-electron chi connectivity index (χ2n) is 3.25. The number of nitrogens with two attached hydrogens (primary N) is 1. The molecule has 0 saturated heterocycles. The van der Waals surface area contributed by atoms with Crippen LogP contribution in [0.25, 0.3) is 0 Å². The SMILES string of the molecule is CCOC(=O)CC(N)=Nc1cccc(C#N)c1. The van der Waals surface area contributed by atoms with Crippen molar-refractivity contribution in [3.63, 3.8) is 0 Å². The molecule has 0 atom stereocenters. The molecule has 17 heavy (non-hydrogen) atoms. The lowest BCUT2D eigenvalue weighted by Crippen LogP contribution is -2.18. The summed E-state index contributed by atoms with van der Waals surface area (Å²) in [4.78, 5) is 15.2. The summed E-state index contributed by atoms with van der Waals surface area (Å²) in [6.45, 7) is 2.04. The molecule has 0 unspecified atom stereocenters. The average molecular weight is 231 g/mol. The summed E-state index contributed by atoms with van der Waals surface area (Å²) in [5, 5.41) is 8.71. The van der Waals surface area contributed by atoms with Crippen LogP contribution < -0.4 is 5.73 Å². The molecule has 2 N–H and O–H groups in total. The molecule has 1 aromatic rings. The zero-order chi connectivity index (χ0) is 12.7. The van der Waals surface area contributed by atoms with Crippen LogP contribution in [0.5, 0.6) is 0 Å². The zero-order valence-electron chi connectivity index (χ0n) is 9.51. The topological polar surface area (TPSA) is 88.5 Å². The number of nitrogens with zero attached hydrogens (tertiary/aromatic N) is 2. The van der Waals surface area contributed by atoms with E-state index in [0.717, 1.165) is 0 Å². The molecule has 88 valence electrons. The van der Waals surface area contributed by atoms with E-state index < -0.39 is 5.97 Å². The first-order valence-electron chi connectivity index (χ1n) is 5.14. The van der Waals surface area contributed by atoms with Crippen LogP contribution in [0.4, 0.5) is 5.69 Å². The van der Waals surface area contributed by atoms with Gasteiger partial charge < -0.3 is 10.5 Å². The highest BCUT2D eigenvalue weighted by molar-refractivity contribution is 5.97. The van der Waals surface area contributed by atoms with Crippen molar-refractivity contribution in [1.29, 1.82) is 5.26 Å². The van der Waals surface area contributed by atoms with Crippen LogP contribution in [0.3, 0.4) is 0 Å². The predicted octanol–water partition coefficient (Wildman–Crippen LogP) is 1.50. The Morgan fingerprint density at radius 3 is 3.00 bits per heavy atom. The van der Waals surface area contributed by atoms with Crippen LogP contribution in [0, 0.1) is 11.3 Å². The number of hydrogen-bond acceptors (Lipinski definition) is 4. The Hall–Kier alpha value is -2.35. The number of ether oxygens (including phenoxy) is 1. The third-order valence-electron chi connectivity index (χ3n) is 1.88. The van der Waals surface area contributed by atoms with E-state index in [2.05, 4.69) is 4.99 Å². The van der Waals surface area contributed by atoms with Crippen molar-refractivity contribution in [2.45, 2.75) is 13.3 Å². The maximum Gasteiger partial charge on any atom is 0.313 e. The molecule has 0 aliphatic heterocycles. The van der Waals surface area contributed by atoms with Gasteiger partial charge in [-0.1, -0.05) is 6.07 Å². The standard InChI is InChI=1S/C12H13N3O2/c1-2-17-12(16)7-11(14)15-10-5-3-4-9(6-10)8-13/h3-6H,2,7H2,1H3,(H2,14,15). The molecular formula is C12H13N3O2. The van der Waals surface area contributed by atoms with Crippen molar-refractivity contribution in [3.8, 4) is 6.07 Å². The Bertz CT molecular complexity index is 475. The lowest BCUT2D eigenvalue weighted by molar-refractivity contribution is -0.141. The Labute approximate surface area is 99.5 Å². The van der Waals surface area contributed by atoms with Crippen molar-refractivity contribution in [2.75, 3.05) is 6.61 Å². The quantitative estimate of drug-likeness (QED) is 0.483. The lowest BCUT2D eigenvalue weighted by Gasteiger charge is -2.01. The van der Waals surface area contributed by atoms with Gasteiger partial charge in [0.25, 0.3) is 0 Å². The highest BCUT2D eigenvalue weighted by Gasteiger charge is 2.04. The van der Waals surface area contributed by atoms with E-state index in [4.69, 9.17) is 15.7 Å². The molecule has 0 aromatic heterocycles. The zero-order valence-corrected chi connectivity index (χ0v) is 9.51. The van der Waals surface area contributed by atoms with Crippen molar-refractivity contribution < 1.29 is 9.53 Å². The van der Waals surface area contributed by atoms with Gasteiger partial charge in [0.2, 0.25) is 0 Å². The molecular weight excluding hydrogens is 218 g/mol. The van der Waals surface area contributed by atoms with Gasteiger partial charge in [0.15, 0.2) is 0 Å². The third-order valence-corrected chi connectivity index (χ3v) is 1.88. The minimum Gasteiger partial charge on any atom is -0.466 e. The summed E-state index contributed by atoms with van der Waals surface area (Å²) in [6, 6.07) is 8.67. The van der Waals surface area contributed by atoms with Crippen LogP contribution in [0.1, 0.15) is 18.9 Å². The summed E-state index contributed by atoms with van der Waals surface area (Å²) in [7, 11) is 0. The Morgan fingerprint density at radius 1 is 1.59 bits per heavy atom. The maximum absolute atomic E-state index is 11.1. The van der Waals surface area contributed by atoms with Crippen LogP contribution in [0.15, 0.2) is 29.3 Å². The van der Waals surface area contributed by atoms with Gasteiger partial charge in [-0.25, -0.2) is 4.99 Å². The Balaban J connectivity index is 2.74. The van der Waals surface area contributed by atoms with Crippen molar-refractivity contribution in [2.24, 2.45) is 10.7 Å². The van der Waals surface area contributed by atoms with E-state index in [1.807, 2.05) is 6.07 Å². The van der Waals surface area contributed by atoms with Crippen LogP contribution in [-0.2, 0) is 9.53 Å². The molecule has 5 heteroatoms. The Morgan fingerprint density at radius 2 is 2.35 bits per heavy atom. The van der Waals surface area contributed by atoms with Crippen LogP contribution in [-0.4, -0.2) is 18.4 Å². The van der Waals surface area contributed by atoms with Gasteiger partial charge in [0, 0.05) is 0 Å². The van der Waals surface area contributed by atoms with Gasteiger partial charge in [-0.05, 0) is 25.1 Å². The first kappa shape index (κ1) is 12.7. The molecule has 0 fully saturated rings. The molecule has 0 aliphatic carbocycles. The van der Waals surface area contributed by atoms with Gasteiger partial charge in [-0.2, -0.15) is 5.26 Å². The lowest BCUT2D eigenvalue weighted by atomic mass is 10.2. The van der Waals surface area contributed by atoms with Crippen molar-refractivity contribution in [3.05, 3.63) is 29.8 Å². The van der Waals surface area contributed by atoms with E-state index in [0.29, 0.717) is 17.9 Å². The number of amidine groups is 1. The number of nitriles is 1. The van der Waals surface area contributed by atoms with Crippen LogP contribution in [0.2, 0.25) is 0 Å². The smallest absolute Gasteiger partial charge is 0.313 e. The average Bonchev–Trinajstić information content (AvgIpc) is 2.29. The monoisotopic (exact) mass is 231 g/mol. The summed E-state index contributed by atoms with van der Waals surface area (Å²) < 4.78 is 4.74. The molecule has 0 aliphatic rings. The molecule has 0 bridgehead atoms. The number of carbonyl (C=O) groups is 1. The highest BCUT2D eigenvalue weighted by atomic mass is 16.5.